The summed E-state index contributed by atoms with van der Waals surface area (Å²) in [4.78, 5) is 2.38. The van der Waals surface area contributed by atoms with Crippen LogP contribution in [0.5, 0.6) is 0 Å². The molecule has 1 unspecified atom stereocenters. The van der Waals surface area contributed by atoms with Crippen molar-refractivity contribution < 1.29 is 14.2 Å². The SMILES string of the molecule is CCCCCCCC/C=C\CCCCCCCCOCC(COC(=S)NCCN(CC)CC)OCCCCCCCC/C=C\CCCCCCCC. The predicted octanol–water partition coefficient (Wildman–Crippen LogP) is 13.7. The third-order valence-corrected chi connectivity index (χ3v) is 10.4. The number of allylic oxidation sites excluding steroid dienone is 4. The molecule has 0 heterocycles. The number of likely N-dealkylation sites (N-methyl/N-ethyl adjacent to an activating group) is 1. The number of unbranched alkanes of at least 4 members (excludes halogenated alkanes) is 24. The summed E-state index contributed by atoms with van der Waals surface area (Å²) in [5.41, 5.74) is 0. The third-order valence-electron chi connectivity index (χ3n) is 10.1. The Morgan fingerprint density at radius 2 is 0.923 bits per heavy atom. The van der Waals surface area contributed by atoms with Crippen LogP contribution in [0.3, 0.4) is 0 Å². The van der Waals surface area contributed by atoms with Gasteiger partial charge in [0, 0.05) is 26.3 Å². The number of rotatable bonds is 42. The van der Waals surface area contributed by atoms with Gasteiger partial charge >= 0.3 is 0 Å². The molecule has 0 aliphatic rings. The van der Waals surface area contributed by atoms with E-state index in [-0.39, 0.29) is 6.10 Å². The van der Waals surface area contributed by atoms with Crippen LogP contribution in [-0.2, 0) is 14.2 Å². The van der Waals surface area contributed by atoms with Crippen molar-refractivity contribution in [2.75, 3.05) is 52.6 Å². The predicted molar refractivity (Wildman–Crippen MR) is 234 cm³/mol. The van der Waals surface area contributed by atoms with Crippen LogP contribution in [-0.4, -0.2) is 68.8 Å². The first-order valence-corrected chi connectivity index (χ1v) is 23.2. The van der Waals surface area contributed by atoms with Crippen LogP contribution >= 0.6 is 12.2 Å². The molecule has 0 aromatic rings. The van der Waals surface area contributed by atoms with Crippen molar-refractivity contribution in [2.24, 2.45) is 0 Å². The standard InChI is InChI=1S/C46H90N2O3S/c1-5-9-11-13-15-17-19-21-23-25-27-29-31-33-35-37-41-49-43-45(44-51-46(52)47-39-40-48(7-3)8-4)50-42-38-36-34-32-30-28-26-24-22-20-18-16-14-12-10-6-2/h21-24,45H,5-20,25-44H2,1-4H3,(H,47,52)/b23-21-,24-22-. The van der Waals surface area contributed by atoms with E-state index in [9.17, 15) is 0 Å². The molecule has 0 fully saturated rings. The van der Waals surface area contributed by atoms with Crippen molar-refractivity contribution in [1.82, 2.24) is 10.2 Å². The van der Waals surface area contributed by atoms with E-state index in [1.807, 2.05) is 0 Å². The van der Waals surface area contributed by atoms with Crippen LogP contribution in [0.2, 0.25) is 0 Å². The number of nitrogens with one attached hydrogen (secondary N) is 1. The third kappa shape index (κ3) is 40.2. The second-order valence-electron chi connectivity index (χ2n) is 15.0. The fourth-order valence-electron chi connectivity index (χ4n) is 6.49. The Morgan fingerprint density at radius 3 is 1.37 bits per heavy atom. The summed E-state index contributed by atoms with van der Waals surface area (Å²) in [6, 6.07) is 0. The van der Waals surface area contributed by atoms with Gasteiger partial charge in [-0.1, -0.05) is 168 Å². The first-order valence-electron chi connectivity index (χ1n) is 22.8. The van der Waals surface area contributed by atoms with Gasteiger partial charge in [0.15, 0.2) is 0 Å². The molecule has 0 saturated carbocycles. The van der Waals surface area contributed by atoms with E-state index >= 15 is 0 Å². The van der Waals surface area contributed by atoms with Gasteiger partial charge in [0.25, 0.3) is 5.17 Å². The molecule has 1 N–H and O–H groups in total. The molecule has 0 radical (unpaired) electrons. The average molecular weight is 751 g/mol. The van der Waals surface area contributed by atoms with Crippen molar-refractivity contribution in [3.63, 3.8) is 0 Å². The van der Waals surface area contributed by atoms with Gasteiger partial charge in [0.1, 0.15) is 12.7 Å². The van der Waals surface area contributed by atoms with E-state index in [0.29, 0.717) is 18.4 Å². The van der Waals surface area contributed by atoms with Crippen molar-refractivity contribution in [1.29, 1.82) is 0 Å². The van der Waals surface area contributed by atoms with E-state index in [2.05, 4.69) is 62.2 Å². The summed E-state index contributed by atoms with van der Waals surface area (Å²) in [6.07, 6.45) is 46.5. The molecule has 0 aliphatic heterocycles. The van der Waals surface area contributed by atoms with E-state index in [1.54, 1.807) is 0 Å². The minimum Gasteiger partial charge on any atom is -0.468 e. The highest BCUT2D eigenvalue weighted by Crippen LogP contribution is 2.12. The monoisotopic (exact) mass is 751 g/mol. The molecule has 52 heavy (non-hydrogen) atoms. The number of nitrogens with zero attached hydrogens (tertiary/aromatic N) is 1. The maximum atomic E-state index is 6.26. The zero-order valence-electron chi connectivity index (χ0n) is 35.4. The molecule has 0 rings (SSSR count). The Bertz CT molecular complexity index is 758. The Balaban J connectivity index is 4.05. The molecule has 0 aromatic carbocycles. The van der Waals surface area contributed by atoms with Crippen molar-refractivity contribution >= 4 is 17.4 Å². The van der Waals surface area contributed by atoms with Crippen LogP contribution in [0.1, 0.15) is 207 Å². The maximum Gasteiger partial charge on any atom is 0.256 e. The maximum absolute atomic E-state index is 6.26. The van der Waals surface area contributed by atoms with Crippen LogP contribution < -0.4 is 5.32 Å². The van der Waals surface area contributed by atoms with Gasteiger partial charge in [-0.2, -0.15) is 0 Å². The number of ether oxygens (including phenoxy) is 3. The molecule has 5 nitrogen and oxygen atoms in total. The van der Waals surface area contributed by atoms with E-state index in [4.69, 9.17) is 26.4 Å². The molecular weight excluding hydrogens is 661 g/mol. The lowest BCUT2D eigenvalue weighted by atomic mass is 10.1. The van der Waals surface area contributed by atoms with Gasteiger partial charge in [0.05, 0.1) is 6.61 Å². The molecule has 6 heteroatoms. The molecule has 0 bridgehead atoms. The first kappa shape index (κ1) is 51.0. The van der Waals surface area contributed by atoms with Crippen LogP contribution in [0, 0.1) is 0 Å². The number of hydrogen-bond donors (Lipinski definition) is 1. The van der Waals surface area contributed by atoms with Gasteiger partial charge in [-0.3, -0.25) is 0 Å². The Labute approximate surface area is 331 Å². The summed E-state index contributed by atoms with van der Waals surface area (Å²) in [6.45, 7) is 15.4. The fraction of sp³-hybridized carbons (Fsp3) is 0.891. The average Bonchev–Trinajstić information content (AvgIpc) is 3.15. The highest BCUT2D eigenvalue weighted by molar-refractivity contribution is 7.80. The smallest absolute Gasteiger partial charge is 0.256 e. The normalized spacial score (nSPS) is 12.5. The molecule has 0 saturated heterocycles. The second kappa shape index (κ2) is 44.4. The number of thiocarbonyl (C=S) groups is 1. The van der Waals surface area contributed by atoms with Gasteiger partial charge in [-0.05, 0) is 89.5 Å². The summed E-state index contributed by atoms with van der Waals surface area (Å²) >= 11 is 5.46. The Morgan fingerprint density at radius 1 is 0.519 bits per heavy atom. The minimum absolute atomic E-state index is 0.0835. The molecule has 1 atom stereocenters. The molecular formula is C46H90N2O3S. The molecule has 0 aliphatic carbocycles. The largest absolute Gasteiger partial charge is 0.468 e. The van der Waals surface area contributed by atoms with Gasteiger partial charge < -0.3 is 24.4 Å². The Hall–Kier alpha value is -0.950. The van der Waals surface area contributed by atoms with Crippen LogP contribution in [0.25, 0.3) is 0 Å². The van der Waals surface area contributed by atoms with E-state index in [0.717, 1.165) is 52.2 Å². The van der Waals surface area contributed by atoms with E-state index in [1.165, 1.54) is 167 Å². The zero-order valence-corrected chi connectivity index (χ0v) is 36.2. The summed E-state index contributed by atoms with van der Waals surface area (Å²) in [5.74, 6) is 0. The lowest BCUT2D eigenvalue weighted by Crippen LogP contribution is -2.36. The molecule has 0 aromatic heterocycles. The second-order valence-corrected chi connectivity index (χ2v) is 15.4. The fourth-order valence-corrected chi connectivity index (χ4v) is 6.66. The van der Waals surface area contributed by atoms with Crippen LogP contribution in [0.4, 0.5) is 0 Å². The van der Waals surface area contributed by atoms with Gasteiger partial charge in [-0.25, -0.2) is 0 Å². The Kier molecular flexibility index (Phi) is 43.6. The quantitative estimate of drug-likeness (QED) is 0.0381. The van der Waals surface area contributed by atoms with Crippen molar-refractivity contribution in [3.05, 3.63) is 24.3 Å². The topological polar surface area (TPSA) is 43.0 Å². The lowest BCUT2D eigenvalue weighted by Gasteiger charge is -2.21. The lowest BCUT2D eigenvalue weighted by molar-refractivity contribution is -0.0412. The van der Waals surface area contributed by atoms with Crippen molar-refractivity contribution in [2.45, 2.75) is 214 Å². The molecule has 0 spiro atoms. The molecule has 0 amide bonds. The zero-order chi connectivity index (χ0) is 37.8. The highest BCUT2D eigenvalue weighted by Gasteiger charge is 2.12. The molecule has 308 valence electrons. The summed E-state index contributed by atoms with van der Waals surface area (Å²) < 4.78 is 18.3. The van der Waals surface area contributed by atoms with Crippen molar-refractivity contribution in [3.8, 4) is 0 Å². The summed E-state index contributed by atoms with van der Waals surface area (Å²) in [7, 11) is 0. The first-order chi connectivity index (χ1) is 25.7. The van der Waals surface area contributed by atoms with Gasteiger partial charge in [-0.15, -0.1) is 0 Å². The van der Waals surface area contributed by atoms with Gasteiger partial charge in [0.2, 0.25) is 0 Å². The minimum atomic E-state index is -0.0835. The summed E-state index contributed by atoms with van der Waals surface area (Å²) in [5, 5.41) is 3.72. The highest BCUT2D eigenvalue weighted by atomic mass is 32.1. The number of hydrogen-bond acceptors (Lipinski definition) is 5. The van der Waals surface area contributed by atoms with E-state index < -0.39 is 0 Å². The van der Waals surface area contributed by atoms with Crippen LogP contribution in [0.15, 0.2) is 24.3 Å².